The smallest absolute Gasteiger partial charge is 0.243 e. The molecule has 3 aromatic rings. The highest BCUT2D eigenvalue weighted by Gasteiger charge is 2.31. The maximum Gasteiger partial charge on any atom is 0.243 e. The van der Waals surface area contributed by atoms with Gasteiger partial charge in [0.2, 0.25) is 21.8 Å². The lowest BCUT2D eigenvalue weighted by atomic mass is 9.95. The van der Waals surface area contributed by atoms with Crippen LogP contribution in [0.15, 0.2) is 77.7 Å². The Kier molecular flexibility index (Phi) is 8.61. The predicted molar refractivity (Wildman–Crippen MR) is 145 cm³/mol. The topological polar surface area (TPSA) is 86.8 Å². The van der Waals surface area contributed by atoms with Crippen molar-refractivity contribution < 1.29 is 18.0 Å². The van der Waals surface area contributed by atoms with Crippen LogP contribution in [-0.4, -0.2) is 55.1 Å². The fourth-order valence-electron chi connectivity index (χ4n) is 4.81. The Morgan fingerprint density at radius 1 is 0.919 bits per heavy atom. The van der Waals surface area contributed by atoms with E-state index in [1.165, 1.54) is 18.4 Å². The number of hydrogen-bond donors (Lipinski definition) is 1. The van der Waals surface area contributed by atoms with Crippen molar-refractivity contribution in [2.24, 2.45) is 0 Å². The second-order valence-electron chi connectivity index (χ2n) is 9.80. The first kappa shape index (κ1) is 26.8. The van der Waals surface area contributed by atoms with E-state index in [1.54, 1.807) is 25.1 Å². The summed E-state index contributed by atoms with van der Waals surface area (Å²) in [5, 5.41) is 4.85. The first-order valence-electron chi connectivity index (χ1n) is 12.8. The van der Waals surface area contributed by atoms with E-state index in [9.17, 15) is 18.0 Å². The Morgan fingerprint density at radius 3 is 2.27 bits per heavy atom. The maximum atomic E-state index is 13.5. The van der Waals surface area contributed by atoms with Crippen LogP contribution in [0.5, 0.6) is 0 Å². The molecule has 1 aliphatic rings. The molecule has 2 amide bonds. The summed E-state index contributed by atoms with van der Waals surface area (Å²) in [7, 11) is -2.52. The predicted octanol–water partition coefficient (Wildman–Crippen LogP) is 4.33. The Morgan fingerprint density at radius 2 is 1.57 bits per heavy atom. The Hall–Kier alpha value is -3.23. The number of sulfonamides is 1. The van der Waals surface area contributed by atoms with Gasteiger partial charge in [-0.1, -0.05) is 79.9 Å². The average molecular weight is 522 g/mol. The highest BCUT2D eigenvalue weighted by atomic mass is 32.2. The summed E-state index contributed by atoms with van der Waals surface area (Å²) in [6, 6.07) is 21.3. The van der Waals surface area contributed by atoms with Crippen molar-refractivity contribution >= 4 is 32.6 Å². The van der Waals surface area contributed by atoms with Crippen molar-refractivity contribution in [3.8, 4) is 0 Å². The Balaban J connectivity index is 1.52. The van der Waals surface area contributed by atoms with E-state index in [1.807, 2.05) is 54.6 Å². The van der Waals surface area contributed by atoms with E-state index in [0.717, 1.165) is 46.3 Å². The summed E-state index contributed by atoms with van der Waals surface area (Å²) in [6.45, 7) is 1.54. The van der Waals surface area contributed by atoms with Gasteiger partial charge in [0.1, 0.15) is 6.04 Å². The molecule has 7 nitrogen and oxygen atoms in total. The number of rotatable bonds is 9. The van der Waals surface area contributed by atoms with Crippen LogP contribution >= 0.6 is 0 Å². The summed E-state index contributed by atoms with van der Waals surface area (Å²) >= 11 is 0. The molecule has 0 aromatic heterocycles. The first-order chi connectivity index (χ1) is 17.8. The third-order valence-electron chi connectivity index (χ3n) is 7.10. The third kappa shape index (κ3) is 6.56. The number of nitrogens with zero attached hydrogens (tertiary/aromatic N) is 2. The van der Waals surface area contributed by atoms with Gasteiger partial charge in [-0.05, 0) is 48.2 Å². The lowest BCUT2D eigenvalue weighted by Gasteiger charge is -2.32. The number of carbonyl (C=O) groups is 2. The van der Waals surface area contributed by atoms with Gasteiger partial charge in [-0.25, -0.2) is 8.42 Å². The number of fused-ring (bicyclic) bond motifs is 1. The van der Waals surface area contributed by atoms with Crippen molar-refractivity contribution in [2.75, 3.05) is 13.6 Å². The van der Waals surface area contributed by atoms with Gasteiger partial charge in [-0.15, -0.1) is 0 Å². The van der Waals surface area contributed by atoms with Gasteiger partial charge in [0.05, 0.1) is 11.4 Å². The molecule has 0 spiro atoms. The molecule has 37 heavy (non-hydrogen) atoms. The van der Waals surface area contributed by atoms with Crippen LogP contribution in [0, 0.1) is 0 Å². The molecule has 1 saturated carbocycles. The molecule has 0 aliphatic heterocycles. The molecule has 0 heterocycles. The van der Waals surface area contributed by atoms with Crippen molar-refractivity contribution in [3.63, 3.8) is 0 Å². The van der Waals surface area contributed by atoms with Crippen LogP contribution in [0.1, 0.15) is 44.6 Å². The van der Waals surface area contributed by atoms with E-state index >= 15 is 0 Å². The Labute approximate surface area is 219 Å². The van der Waals surface area contributed by atoms with Gasteiger partial charge < -0.3 is 10.2 Å². The minimum atomic E-state index is -3.92. The molecular weight excluding hydrogens is 486 g/mol. The van der Waals surface area contributed by atoms with E-state index in [-0.39, 0.29) is 29.9 Å². The fraction of sp³-hybridized carbons (Fsp3) is 0.379. The molecule has 1 aliphatic carbocycles. The minimum Gasteiger partial charge on any atom is -0.352 e. The van der Waals surface area contributed by atoms with E-state index in [2.05, 4.69) is 5.32 Å². The largest absolute Gasteiger partial charge is 0.352 e. The number of hydrogen-bond acceptors (Lipinski definition) is 4. The number of carbonyl (C=O) groups excluding carboxylic acids is 2. The quantitative estimate of drug-likeness (QED) is 0.454. The average Bonchev–Trinajstić information content (AvgIpc) is 2.92. The van der Waals surface area contributed by atoms with Gasteiger partial charge in [0, 0.05) is 19.6 Å². The summed E-state index contributed by atoms with van der Waals surface area (Å²) in [5.74, 6) is -0.641. The van der Waals surface area contributed by atoms with E-state index in [0.29, 0.717) is 0 Å². The highest BCUT2D eigenvalue weighted by Crippen LogP contribution is 2.22. The van der Waals surface area contributed by atoms with Crippen molar-refractivity contribution in [2.45, 2.75) is 62.6 Å². The van der Waals surface area contributed by atoms with Crippen molar-refractivity contribution in [3.05, 3.63) is 78.4 Å². The number of amides is 2. The van der Waals surface area contributed by atoms with Gasteiger partial charge in [0.25, 0.3) is 0 Å². The van der Waals surface area contributed by atoms with Crippen LogP contribution in [0.2, 0.25) is 0 Å². The first-order valence-corrected chi connectivity index (χ1v) is 14.3. The summed E-state index contributed by atoms with van der Waals surface area (Å²) < 4.78 is 27.7. The van der Waals surface area contributed by atoms with Crippen LogP contribution in [0.25, 0.3) is 10.8 Å². The molecule has 196 valence electrons. The van der Waals surface area contributed by atoms with Crippen LogP contribution in [0.3, 0.4) is 0 Å². The summed E-state index contributed by atoms with van der Waals surface area (Å²) in [5.41, 5.74) is 0.869. The lowest BCUT2D eigenvalue weighted by Crippen LogP contribution is -2.52. The zero-order chi connectivity index (χ0) is 26.4. The van der Waals surface area contributed by atoms with Gasteiger partial charge >= 0.3 is 0 Å². The standard InChI is InChI=1S/C29H35N3O4S/c1-22(29(34)30-26-15-7-4-8-16-26)32(20-23-11-5-3-6-12-23)28(33)21-31(2)37(35,36)27-18-17-24-13-9-10-14-25(24)19-27/h3,5-6,9-14,17-19,22,26H,4,7-8,15-16,20-21H2,1-2H3,(H,30,34)/t22-/m1/s1. The molecule has 3 aromatic carbocycles. The number of likely N-dealkylation sites (N-methyl/N-ethyl adjacent to an activating group) is 1. The zero-order valence-corrected chi connectivity index (χ0v) is 22.3. The molecule has 1 fully saturated rings. The number of benzene rings is 3. The minimum absolute atomic E-state index is 0.119. The molecule has 4 rings (SSSR count). The molecule has 0 bridgehead atoms. The van der Waals surface area contributed by atoms with Crippen molar-refractivity contribution in [1.29, 1.82) is 0 Å². The third-order valence-corrected chi connectivity index (χ3v) is 8.90. The summed E-state index contributed by atoms with van der Waals surface area (Å²) in [4.78, 5) is 28.3. The second kappa shape index (κ2) is 11.9. The summed E-state index contributed by atoms with van der Waals surface area (Å²) in [6.07, 6.45) is 5.24. The van der Waals surface area contributed by atoms with Crippen LogP contribution < -0.4 is 5.32 Å². The Bertz CT molecular complexity index is 1340. The molecular formula is C29H35N3O4S. The fourth-order valence-corrected chi connectivity index (χ4v) is 5.96. The molecule has 0 radical (unpaired) electrons. The van der Waals surface area contributed by atoms with E-state index < -0.39 is 22.0 Å². The van der Waals surface area contributed by atoms with Gasteiger partial charge in [-0.3, -0.25) is 9.59 Å². The SMILES string of the molecule is C[C@H](C(=O)NC1CCCCC1)N(Cc1ccccc1)C(=O)CN(C)S(=O)(=O)c1ccc2ccccc2c1. The lowest BCUT2D eigenvalue weighted by molar-refractivity contribution is -0.141. The normalized spacial score (nSPS) is 15.4. The van der Waals surface area contributed by atoms with E-state index in [4.69, 9.17) is 0 Å². The monoisotopic (exact) mass is 521 g/mol. The van der Waals surface area contributed by atoms with Crippen molar-refractivity contribution in [1.82, 2.24) is 14.5 Å². The van der Waals surface area contributed by atoms with Crippen LogP contribution in [0.4, 0.5) is 0 Å². The number of nitrogens with one attached hydrogen (secondary N) is 1. The molecule has 1 atom stereocenters. The molecule has 0 unspecified atom stereocenters. The van der Waals surface area contributed by atoms with Crippen LogP contribution in [-0.2, 0) is 26.2 Å². The highest BCUT2D eigenvalue weighted by molar-refractivity contribution is 7.89. The van der Waals surface area contributed by atoms with Gasteiger partial charge in [0.15, 0.2) is 0 Å². The molecule has 1 N–H and O–H groups in total. The maximum absolute atomic E-state index is 13.5. The van der Waals surface area contributed by atoms with Gasteiger partial charge in [-0.2, -0.15) is 4.31 Å². The molecule has 8 heteroatoms. The second-order valence-corrected chi connectivity index (χ2v) is 11.8. The zero-order valence-electron chi connectivity index (χ0n) is 21.5. The molecule has 0 saturated heterocycles.